The van der Waals surface area contributed by atoms with Crippen LogP contribution in [-0.2, 0) is 4.74 Å². The minimum absolute atomic E-state index is 0.698. The predicted octanol–water partition coefficient (Wildman–Crippen LogP) is 2.97. The zero-order valence-electron chi connectivity index (χ0n) is 9.31. The average molecular weight is 314 g/mol. The van der Waals surface area contributed by atoms with Gasteiger partial charge in [-0.15, -0.1) is 5.10 Å². The molecule has 0 saturated heterocycles. The maximum atomic E-state index is 4.98. The summed E-state index contributed by atoms with van der Waals surface area (Å²) in [5, 5.41) is 7.84. The third-order valence-electron chi connectivity index (χ3n) is 2.11. The summed E-state index contributed by atoms with van der Waals surface area (Å²) in [7, 11) is 1.69. The van der Waals surface area contributed by atoms with Gasteiger partial charge >= 0.3 is 0 Å². The predicted molar refractivity (Wildman–Crippen MR) is 72.1 cm³/mol. The van der Waals surface area contributed by atoms with E-state index < -0.39 is 0 Å². The van der Waals surface area contributed by atoms with Crippen molar-refractivity contribution in [3.63, 3.8) is 0 Å². The van der Waals surface area contributed by atoms with Crippen LogP contribution in [0.5, 0.6) is 0 Å². The summed E-state index contributed by atoms with van der Waals surface area (Å²) in [6.07, 6.45) is 0. The minimum atomic E-state index is 0.698. The SMILES string of the molecule is COCCSc1n[nH]c(-c2ccccc2Br)n1. The summed E-state index contributed by atoms with van der Waals surface area (Å²) in [5.74, 6) is 1.63. The summed E-state index contributed by atoms with van der Waals surface area (Å²) >= 11 is 5.06. The topological polar surface area (TPSA) is 50.8 Å². The third-order valence-corrected chi connectivity index (χ3v) is 3.62. The number of benzene rings is 1. The van der Waals surface area contributed by atoms with E-state index in [-0.39, 0.29) is 0 Å². The van der Waals surface area contributed by atoms with Crippen molar-refractivity contribution in [2.45, 2.75) is 5.16 Å². The second kappa shape index (κ2) is 6.18. The second-order valence-electron chi connectivity index (χ2n) is 3.29. The fourth-order valence-electron chi connectivity index (χ4n) is 1.30. The van der Waals surface area contributed by atoms with Crippen LogP contribution in [0.4, 0.5) is 0 Å². The first kappa shape index (κ1) is 12.6. The molecule has 1 heterocycles. The highest BCUT2D eigenvalue weighted by Gasteiger charge is 2.08. The molecule has 0 aliphatic carbocycles. The van der Waals surface area contributed by atoms with Gasteiger partial charge in [0, 0.05) is 22.9 Å². The molecule has 0 spiro atoms. The van der Waals surface area contributed by atoms with E-state index in [1.165, 1.54) is 0 Å². The molecule has 0 bridgehead atoms. The van der Waals surface area contributed by atoms with Crippen molar-refractivity contribution in [1.82, 2.24) is 15.2 Å². The normalized spacial score (nSPS) is 10.7. The first-order valence-corrected chi connectivity index (χ1v) is 6.88. The summed E-state index contributed by atoms with van der Waals surface area (Å²) in [4.78, 5) is 4.42. The van der Waals surface area contributed by atoms with Gasteiger partial charge in [0.25, 0.3) is 0 Å². The number of hydrogen-bond acceptors (Lipinski definition) is 4. The van der Waals surface area contributed by atoms with Gasteiger partial charge in [-0.05, 0) is 6.07 Å². The van der Waals surface area contributed by atoms with Crippen LogP contribution in [0, 0.1) is 0 Å². The van der Waals surface area contributed by atoms with Gasteiger partial charge in [-0.2, -0.15) is 0 Å². The highest BCUT2D eigenvalue weighted by molar-refractivity contribution is 9.10. The molecule has 0 amide bonds. The molecule has 0 radical (unpaired) electrons. The smallest absolute Gasteiger partial charge is 0.208 e. The van der Waals surface area contributed by atoms with Crippen molar-refractivity contribution in [2.75, 3.05) is 19.5 Å². The Hall–Kier alpha value is -0.850. The number of H-pyrrole nitrogens is 1. The van der Waals surface area contributed by atoms with Crippen LogP contribution in [0.1, 0.15) is 0 Å². The molecule has 1 N–H and O–H groups in total. The number of aromatic nitrogens is 3. The Labute approximate surface area is 112 Å². The maximum Gasteiger partial charge on any atom is 0.208 e. The van der Waals surface area contributed by atoms with E-state index in [2.05, 4.69) is 31.1 Å². The van der Waals surface area contributed by atoms with Gasteiger partial charge in [-0.25, -0.2) is 4.98 Å². The highest BCUT2D eigenvalue weighted by atomic mass is 79.9. The van der Waals surface area contributed by atoms with Crippen LogP contribution in [-0.4, -0.2) is 34.7 Å². The van der Waals surface area contributed by atoms with Crippen LogP contribution < -0.4 is 0 Å². The van der Waals surface area contributed by atoms with Crippen molar-refractivity contribution in [2.24, 2.45) is 0 Å². The van der Waals surface area contributed by atoms with E-state index in [1.54, 1.807) is 18.9 Å². The van der Waals surface area contributed by atoms with Crippen molar-refractivity contribution >= 4 is 27.7 Å². The molecule has 0 unspecified atom stereocenters. The fourth-order valence-corrected chi connectivity index (χ4v) is 2.47. The van der Waals surface area contributed by atoms with Crippen LogP contribution >= 0.6 is 27.7 Å². The highest BCUT2D eigenvalue weighted by Crippen LogP contribution is 2.26. The summed E-state index contributed by atoms with van der Waals surface area (Å²) in [5.41, 5.74) is 1.01. The molecule has 6 heteroatoms. The largest absolute Gasteiger partial charge is 0.384 e. The molecular weight excluding hydrogens is 302 g/mol. The van der Waals surface area contributed by atoms with Crippen LogP contribution in [0.2, 0.25) is 0 Å². The molecular formula is C11H12BrN3OS. The summed E-state index contributed by atoms with van der Waals surface area (Å²) < 4.78 is 5.98. The molecule has 0 atom stereocenters. The van der Waals surface area contributed by atoms with Gasteiger partial charge < -0.3 is 4.74 Å². The van der Waals surface area contributed by atoms with Gasteiger partial charge in [0.2, 0.25) is 5.16 Å². The van der Waals surface area contributed by atoms with E-state index in [4.69, 9.17) is 4.74 Å². The lowest BCUT2D eigenvalue weighted by molar-refractivity contribution is 0.218. The number of ether oxygens (including phenoxy) is 1. The molecule has 2 rings (SSSR count). The van der Waals surface area contributed by atoms with Crippen LogP contribution in [0.3, 0.4) is 0 Å². The molecule has 1 aromatic carbocycles. The van der Waals surface area contributed by atoms with Gasteiger partial charge in [0.05, 0.1) is 6.61 Å². The van der Waals surface area contributed by atoms with Crippen molar-refractivity contribution in [3.8, 4) is 11.4 Å². The number of nitrogens with one attached hydrogen (secondary N) is 1. The number of nitrogens with zero attached hydrogens (tertiary/aromatic N) is 2. The Morgan fingerprint density at radius 3 is 3.00 bits per heavy atom. The third kappa shape index (κ3) is 3.31. The number of methoxy groups -OCH3 is 1. The molecule has 1 aromatic heterocycles. The number of aromatic amines is 1. The zero-order valence-corrected chi connectivity index (χ0v) is 11.7. The zero-order chi connectivity index (χ0) is 12.1. The molecule has 90 valence electrons. The second-order valence-corrected chi connectivity index (χ2v) is 5.20. The Bertz CT molecular complexity index is 489. The van der Waals surface area contributed by atoms with Gasteiger partial charge in [0.15, 0.2) is 5.82 Å². The number of hydrogen-bond donors (Lipinski definition) is 1. The minimum Gasteiger partial charge on any atom is -0.384 e. The van der Waals surface area contributed by atoms with E-state index in [9.17, 15) is 0 Å². The van der Waals surface area contributed by atoms with Gasteiger partial charge in [0.1, 0.15) is 0 Å². The monoisotopic (exact) mass is 313 g/mol. The number of thioether (sulfide) groups is 1. The molecule has 4 nitrogen and oxygen atoms in total. The summed E-state index contributed by atoms with van der Waals surface area (Å²) in [6, 6.07) is 7.92. The first-order valence-electron chi connectivity index (χ1n) is 5.10. The molecule has 0 saturated carbocycles. The molecule has 0 fully saturated rings. The maximum absolute atomic E-state index is 4.98. The fraction of sp³-hybridized carbons (Fsp3) is 0.273. The number of halogens is 1. The average Bonchev–Trinajstić information content (AvgIpc) is 2.79. The Kier molecular flexibility index (Phi) is 4.58. The van der Waals surface area contributed by atoms with Gasteiger partial charge in [-0.3, -0.25) is 5.10 Å². The lowest BCUT2D eigenvalue weighted by atomic mass is 10.2. The molecule has 0 aliphatic rings. The Morgan fingerprint density at radius 1 is 1.41 bits per heavy atom. The van der Waals surface area contributed by atoms with Gasteiger partial charge in [-0.1, -0.05) is 45.9 Å². The van der Waals surface area contributed by atoms with Crippen molar-refractivity contribution < 1.29 is 4.74 Å². The van der Waals surface area contributed by atoms with E-state index in [0.29, 0.717) is 6.61 Å². The molecule has 0 aliphatic heterocycles. The Balaban J connectivity index is 2.10. The van der Waals surface area contributed by atoms with E-state index in [0.717, 1.165) is 26.8 Å². The first-order chi connectivity index (χ1) is 8.31. The van der Waals surface area contributed by atoms with Crippen LogP contribution in [0.25, 0.3) is 11.4 Å². The standard InChI is InChI=1S/C11H12BrN3OS/c1-16-6-7-17-11-13-10(14-15-11)8-4-2-3-5-9(8)12/h2-5H,6-7H2,1H3,(H,13,14,15). The Morgan fingerprint density at radius 2 is 2.24 bits per heavy atom. The van der Waals surface area contributed by atoms with E-state index >= 15 is 0 Å². The van der Waals surface area contributed by atoms with Crippen molar-refractivity contribution in [1.29, 1.82) is 0 Å². The molecule has 2 aromatic rings. The lowest BCUT2D eigenvalue weighted by Gasteiger charge is -1.98. The molecule has 17 heavy (non-hydrogen) atoms. The van der Waals surface area contributed by atoms with Crippen molar-refractivity contribution in [3.05, 3.63) is 28.7 Å². The quantitative estimate of drug-likeness (QED) is 0.681. The number of rotatable bonds is 5. The summed E-state index contributed by atoms with van der Waals surface area (Å²) in [6.45, 7) is 0.698. The van der Waals surface area contributed by atoms with E-state index in [1.807, 2.05) is 24.3 Å². The van der Waals surface area contributed by atoms with Crippen LogP contribution in [0.15, 0.2) is 33.9 Å². The lowest BCUT2D eigenvalue weighted by Crippen LogP contribution is -1.91.